The topological polar surface area (TPSA) is 75.7 Å². The summed E-state index contributed by atoms with van der Waals surface area (Å²) in [6, 6.07) is 20.3. The molecule has 1 N–H and O–H groups in total. The van der Waals surface area contributed by atoms with Gasteiger partial charge < -0.3 is 10.1 Å². The van der Waals surface area contributed by atoms with Crippen molar-refractivity contribution >= 4 is 27.3 Å². The molecule has 162 valence electrons. The summed E-state index contributed by atoms with van der Waals surface area (Å²) >= 11 is 0. The average Bonchev–Trinajstić information content (AvgIpc) is 2.76. The van der Waals surface area contributed by atoms with Gasteiger partial charge in [0.25, 0.3) is 10.0 Å². The molecule has 3 aromatic carbocycles. The fraction of sp³-hybridized carbons (Fsp3) is 0.208. The van der Waals surface area contributed by atoms with Crippen LogP contribution in [0.25, 0.3) is 0 Å². The van der Waals surface area contributed by atoms with Crippen LogP contribution in [0.4, 0.5) is 11.4 Å². The molecule has 0 bridgehead atoms. The van der Waals surface area contributed by atoms with Gasteiger partial charge in [0.1, 0.15) is 12.3 Å². The molecular formula is C24H26N2O4S. The molecule has 3 rings (SSSR count). The third-order valence-corrected chi connectivity index (χ3v) is 6.63. The zero-order valence-corrected chi connectivity index (χ0v) is 18.6. The number of hydrogen-bond acceptors (Lipinski definition) is 4. The van der Waals surface area contributed by atoms with Gasteiger partial charge in [0.15, 0.2) is 0 Å². The monoisotopic (exact) mass is 438 g/mol. The lowest BCUT2D eigenvalue weighted by molar-refractivity contribution is -0.114. The summed E-state index contributed by atoms with van der Waals surface area (Å²) in [7, 11) is -3.95. The zero-order valence-electron chi connectivity index (χ0n) is 17.8. The summed E-state index contributed by atoms with van der Waals surface area (Å²) in [5.74, 6) is 0.194. The first-order chi connectivity index (χ1) is 14.8. The third-order valence-electron chi connectivity index (χ3n) is 4.84. The highest BCUT2D eigenvalue weighted by Gasteiger charge is 2.27. The number of carbonyl (C=O) groups excluding carboxylic acids is 1. The van der Waals surface area contributed by atoms with E-state index in [0.717, 1.165) is 15.4 Å². The molecule has 0 aromatic heterocycles. The Kier molecular flexibility index (Phi) is 6.97. The second kappa shape index (κ2) is 9.66. The van der Waals surface area contributed by atoms with Crippen molar-refractivity contribution in [3.63, 3.8) is 0 Å². The standard InChI is InChI=1S/C24H26N2O4S/c1-4-30-22-14-12-21(13-15-22)26(31(28,29)23-8-6-5-7-9-23)17-24(27)25-20-11-10-18(2)19(3)16-20/h5-16H,4,17H2,1-3H3,(H,25,27). The third kappa shape index (κ3) is 5.44. The molecule has 0 saturated carbocycles. The minimum absolute atomic E-state index is 0.114. The molecule has 0 heterocycles. The van der Waals surface area contributed by atoms with E-state index in [2.05, 4.69) is 5.32 Å². The number of benzene rings is 3. The molecule has 0 aliphatic rings. The van der Waals surface area contributed by atoms with Gasteiger partial charge in [0.2, 0.25) is 5.91 Å². The Morgan fingerprint density at radius 3 is 2.23 bits per heavy atom. The molecule has 0 fully saturated rings. The van der Waals surface area contributed by atoms with Crippen LogP contribution in [0.5, 0.6) is 5.75 Å². The summed E-state index contributed by atoms with van der Waals surface area (Å²) in [6.07, 6.45) is 0. The predicted octanol–water partition coefficient (Wildman–Crippen LogP) is 4.54. The maximum absolute atomic E-state index is 13.3. The van der Waals surface area contributed by atoms with Gasteiger partial charge in [-0.15, -0.1) is 0 Å². The molecule has 0 unspecified atom stereocenters. The lowest BCUT2D eigenvalue weighted by Crippen LogP contribution is -2.38. The van der Waals surface area contributed by atoms with Gasteiger partial charge in [-0.05, 0) is 80.4 Å². The van der Waals surface area contributed by atoms with Crippen molar-refractivity contribution in [2.45, 2.75) is 25.7 Å². The van der Waals surface area contributed by atoms with Crippen LogP contribution in [-0.4, -0.2) is 27.5 Å². The minimum atomic E-state index is -3.95. The molecule has 0 aliphatic carbocycles. The zero-order chi connectivity index (χ0) is 22.4. The van der Waals surface area contributed by atoms with Gasteiger partial charge in [-0.2, -0.15) is 0 Å². The number of ether oxygens (including phenoxy) is 1. The quantitative estimate of drug-likeness (QED) is 0.560. The first-order valence-electron chi connectivity index (χ1n) is 9.99. The molecule has 0 saturated heterocycles. The van der Waals surface area contributed by atoms with Crippen molar-refractivity contribution in [1.29, 1.82) is 0 Å². The van der Waals surface area contributed by atoms with E-state index in [0.29, 0.717) is 23.7 Å². The van der Waals surface area contributed by atoms with E-state index >= 15 is 0 Å². The second-order valence-corrected chi connectivity index (χ2v) is 8.96. The van der Waals surface area contributed by atoms with E-state index < -0.39 is 15.9 Å². The van der Waals surface area contributed by atoms with Gasteiger partial charge in [0.05, 0.1) is 17.2 Å². The highest BCUT2D eigenvalue weighted by molar-refractivity contribution is 7.92. The number of rotatable bonds is 8. The van der Waals surface area contributed by atoms with E-state index in [1.54, 1.807) is 48.5 Å². The molecule has 7 heteroatoms. The number of anilines is 2. The molecule has 0 aliphatic heterocycles. The molecule has 1 amide bonds. The highest BCUT2D eigenvalue weighted by atomic mass is 32.2. The molecule has 0 radical (unpaired) electrons. The van der Waals surface area contributed by atoms with E-state index in [4.69, 9.17) is 4.74 Å². The number of nitrogens with one attached hydrogen (secondary N) is 1. The Hall–Kier alpha value is -3.32. The molecule has 0 atom stereocenters. The number of carbonyl (C=O) groups is 1. The molecule has 0 spiro atoms. The van der Waals surface area contributed by atoms with Crippen LogP contribution in [0.15, 0.2) is 77.7 Å². The van der Waals surface area contributed by atoms with Crippen LogP contribution >= 0.6 is 0 Å². The van der Waals surface area contributed by atoms with Gasteiger partial charge in [-0.25, -0.2) is 8.42 Å². The predicted molar refractivity (Wildman–Crippen MR) is 123 cm³/mol. The Bertz CT molecular complexity index is 1140. The van der Waals surface area contributed by atoms with Crippen LogP contribution in [0.2, 0.25) is 0 Å². The van der Waals surface area contributed by atoms with Crippen molar-refractivity contribution in [3.8, 4) is 5.75 Å². The highest BCUT2D eigenvalue weighted by Crippen LogP contribution is 2.26. The Morgan fingerprint density at radius 1 is 0.935 bits per heavy atom. The van der Waals surface area contributed by atoms with Crippen LogP contribution in [0.1, 0.15) is 18.1 Å². The largest absolute Gasteiger partial charge is 0.494 e. The van der Waals surface area contributed by atoms with Crippen molar-refractivity contribution in [2.24, 2.45) is 0 Å². The fourth-order valence-electron chi connectivity index (χ4n) is 3.06. The average molecular weight is 439 g/mol. The molecule has 6 nitrogen and oxygen atoms in total. The number of hydrogen-bond donors (Lipinski definition) is 1. The summed E-state index contributed by atoms with van der Waals surface area (Å²) in [5, 5.41) is 2.80. The van der Waals surface area contributed by atoms with Gasteiger partial charge >= 0.3 is 0 Å². The fourth-order valence-corrected chi connectivity index (χ4v) is 4.50. The number of nitrogens with zero attached hydrogens (tertiary/aromatic N) is 1. The van der Waals surface area contributed by atoms with E-state index in [1.165, 1.54) is 12.1 Å². The Balaban J connectivity index is 1.91. The summed E-state index contributed by atoms with van der Waals surface area (Å²) in [4.78, 5) is 12.9. The van der Waals surface area contributed by atoms with Gasteiger partial charge in [-0.3, -0.25) is 9.10 Å². The van der Waals surface area contributed by atoms with Gasteiger partial charge in [0, 0.05) is 5.69 Å². The Labute approximate surface area is 183 Å². The first kappa shape index (κ1) is 22.4. The smallest absolute Gasteiger partial charge is 0.264 e. The molecule has 31 heavy (non-hydrogen) atoms. The van der Waals surface area contributed by atoms with Crippen LogP contribution < -0.4 is 14.4 Å². The molecule has 3 aromatic rings. The van der Waals surface area contributed by atoms with Crippen molar-refractivity contribution in [2.75, 3.05) is 22.8 Å². The number of sulfonamides is 1. The SMILES string of the molecule is CCOc1ccc(N(CC(=O)Nc2ccc(C)c(C)c2)S(=O)(=O)c2ccccc2)cc1. The summed E-state index contributed by atoms with van der Waals surface area (Å²) in [6.45, 7) is 5.96. The van der Waals surface area contributed by atoms with E-state index in [1.807, 2.05) is 32.9 Å². The lowest BCUT2D eigenvalue weighted by atomic mass is 10.1. The van der Waals surface area contributed by atoms with Crippen molar-refractivity contribution < 1.29 is 17.9 Å². The van der Waals surface area contributed by atoms with Crippen molar-refractivity contribution in [3.05, 3.63) is 83.9 Å². The van der Waals surface area contributed by atoms with Gasteiger partial charge in [-0.1, -0.05) is 24.3 Å². The van der Waals surface area contributed by atoms with Crippen LogP contribution in [0, 0.1) is 13.8 Å². The maximum atomic E-state index is 13.3. The first-order valence-corrected chi connectivity index (χ1v) is 11.4. The molecular weight excluding hydrogens is 412 g/mol. The van der Waals surface area contributed by atoms with Crippen LogP contribution in [-0.2, 0) is 14.8 Å². The van der Waals surface area contributed by atoms with Crippen molar-refractivity contribution in [1.82, 2.24) is 0 Å². The Morgan fingerprint density at radius 2 is 1.61 bits per heavy atom. The summed E-state index contributed by atoms with van der Waals surface area (Å²) in [5.41, 5.74) is 3.15. The lowest BCUT2D eigenvalue weighted by Gasteiger charge is -2.24. The second-order valence-electron chi connectivity index (χ2n) is 7.10. The minimum Gasteiger partial charge on any atom is -0.494 e. The number of amides is 1. The van der Waals surface area contributed by atoms with E-state index in [-0.39, 0.29) is 11.4 Å². The number of aryl methyl sites for hydroxylation is 2. The summed E-state index contributed by atoms with van der Waals surface area (Å²) < 4.78 is 33.2. The van der Waals surface area contributed by atoms with Crippen LogP contribution in [0.3, 0.4) is 0 Å². The normalized spacial score (nSPS) is 11.1. The van der Waals surface area contributed by atoms with E-state index in [9.17, 15) is 13.2 Å². The maximum Gasteiger partial charge on any atom is 0.264 e.